The molecule has 1 aliphatic heterocycles. The lowest BCUT2D eigenvalue weighted by molar-refractivity contribution is -0.134. The fourth-order valence-corrected chi connectivity index (χ4v) is 3.01. The molecule has 0 aliphatic carbocycles. The number of nitrogens with zero attached hydrogens (tertiary/aromatic N) is 2. The largest absolute Gasteiger partial charge is 0.361 e. The predicted molar refractivity (Wildman–Crippen MR) is 73.0 cm³/mol. The highest BCUT2D eigenvalue weighted by Crippen LogP contribution is 2.25. The number of carbonyl (C=O) groups excluding carboxylic acids is 1. The number of nitrogens with one attached hydrogen (secondary N) is 1. The number of carbonyl (C=O) groups is 1. The van der Waals surface area contributed by atoms with Crippen molar-refractivity contribution in [2.45, 2.75) is 52.6 Å². The number of piperazine rings is 1. The molecule has 0 spiro atoms. The van der Waals surface area contributed by atoms with Crippen LogP contribution in [-0.4, -0.2) is 41.1 Å². The van der Waals surface area contributed by atoms with Crippen molar-refractivity contribution in [1.29, 1.82) is 0 Å². The summed E-state index contributed by atoms with van der Waals surface area (Å²) in [7, 11) is 0. The van der Waals surface area contributed by atoms with Gasteiger partial charge >= 0.3 is 0 Å². The van der Waals surface area contributed by atoms with E-state index in [1.807, 2.05) is 25.7 Å². The van der Waals surface area contributed by atoms with Gasteiger partial charge in [0.1, 0.15) is 5.76 Å². The Labute approximate surface area is 114 Å². The van der Waals surface area contributed by atoms with Gasteiger partial charge in [0.15, 0.2) is 0 Å². The molecule has 0 aromatic carbocycles. The number of hydrogen-bond donors (Lipinski definition) is 1. The van der Waals surface area contributed by atoms with Crippen molar-refractivity contribution < 1.29 is 9.32 Å². The van der Waals surface area contributed by atoms with Crippen LogP contribution in [0.25, 0.3) is 0 Å². The van der Waals surface area contributed by atoms with Crippen molar-refractivity contribution >= 4 is 5.91 Å². The Bertz CT molecular complexity index is 440. The van der Waals surface area contributed by atoms with Crippen molar-refractivity contribution in [3.8, 4) is 0 Å². The highest BCUT2D eigenvalue weighted by molar-refractivity contribution is 5.84. The number of amides is 1. The lowest BCUT2D eigenvalue weighted by atomic mass is 9.97. The van der Waals surface area contributed by atoms with Crippen LogP contribution in [0.3, 0.4) is 0 Å². The van der Waals surface area contributed by atoms with Crippen molar-refractivity contribution in [3.63, 3.8) is 0 Å². The summed E-state index contributed by atoms with van der Waals surface area (Å²) in [5.74, 6) is 0.716. The molecule has 2 heterocycles. The van der Waals surface area contributed by atoms with Crippen LogP contribution in [0.2, 0.25) is 0 Å². The minimum absolute atomic E-state index is 0.162. The minimum atomic E-state index is -0.191. The van der Waals surface area contributed by atoms with Crippen molar-refractivity contribution in [1.82, 2.24) is 15.4 Å². The molecule has 5 nitrogen and oxygen atoms in total. The van der Waals surface area contributed by atoms with Crippen LogP contribution < -0.4 is 5.32 Å². The van der Waals surface area contributed by atoms with Gasteiger partial charge in [0.2, 0.25) is 5.91 Å². The SMILES string of the molecule is Cc1noc(C)c1[C@H](C)C(=O)N1C[C@@H](C)N[C@@H](C)C1. The lowest BCUT2D eigenvalue weighted by Crippen LogP contribution is -2.56. The molecule has 1 aliphatic rings. The molecule has 106 valence electrons. The summed E-state index contributed by atoms with van der Waals surface area (Å²) < 4.78 is 5.16. The maximum Gasteiger partial charge on any atom is 0.230 e. The first-order valence-corrected chi connectivity index (χ1v) is 6.87. The molecule has 0 saturated carbocycles. The van der Waals surface area contributed by atoms with Gasteiger partial charge in [-0.2, -0.15) is 0 Å². The van der Waals surface area contributed by atoms with E-state index in [2.05, 4.69) is 24.3 Å². The second-order valence-corrected chi connectivity index (χ2v) is 5.67. The third kappa shape index (κ3) is 2.81. The zero-order valence-corrected chi connectivity index (χ0v) is 12.4. The van der Waals surface area contributed by atoms with E-state index in [-0.39, 0.29) is 11.8 Å². The molecule has 3 atom stereocenters. The molecule has 0 bridgehead atoms. The highest BCUT2D eigenvalue weighted by Gasteiger charge is 2.31. The Kier molecular flexibility index (Phi) is 3.94. The Morgan fingerprint density at radius 2 is 1.95 bits per heavy atom. The molecule has 1 saturated heterocycles. The van der Waals surface area contributed by atoms with Gasteiger partial charge < -0.3 is 14.7 Å². The number of hydrogen-bond acceptors (Lipinski definition) is 4. The van der Waals surface area contributed by atoms with Gasteiger partial charge in [-0.05, 0) is 34.6 Å². The first kappa shape index (κ1) is 14.1. The molecule has 0 unspecified atom stereocenters. The summed E-state index contributed by atoms with van der Waals surface area (Å²) in [6.07, 6.45) is 0. The molecule has 0 radical (unpaired) electrons. The summed E-state index contributed by atoms with van der Waals surface area (Å²) in [5.41, 5.74) is 1.75. The first-order chi connectivity index (χ1) is 8.90. The third-order valence-corrected chi connectivity index (χ3v) is 3.76. The summed E-state index contributed by atoms with van der Waals surface area (Å²) in [4.78, 5) is 14.6. The molecule has 1 fully saturated rings. The fourth-order valence-electron chi connectivity index (χ4n) is 3.01. The summed E-state index contributed by atoms with van der Waals surface area (Å²) in [6, 6.07) is 0.675. The second-order valence-electron chi connectivity index (χ2n) is 5.67. The molecular formula is C14H23N3O2. The van der Waals surface area contributed by atoms with Crippen LogP contribution >= 0.6 is 0 Å². The van der Waals surface area contributed by atoms with E-state index >= 15 is 0 Å². The normalized spacial score (nSPS) is 25.4. The van der Waals surface area contributed by atoms with E-state index in [9.17, 15) is 4.79 Å². The van der Waals surface area contributed by atoms with Gasteiger partial charge in [0, 0.05) is 30.7 Å². The zero-order chi connectivity index (χ0) is 14.2. The second kappa shape index (κ2) is 5.33. The Morgan fingerprint density at radius 1 is 1.37 bits per heavy atom. The minimum Gasteiger partial charge on any atom is -0.361 e. The molecule has 1 aromatic heterocycles. The van der Waals surface area contributed by atoms with Gasteiger partial charge in [-0.15, -0.1) is 0 Å². The zero-order valence-electron chi connectivity index (χ0n) is 12.4. The van der Waals surface area contributed by atoms with Crippen molar-refractivity contribution in [2.24, 2.45) is 0 Å². The van der Waals surface area contributed by atoms with Crippen LogP contribution in [0.4, 0.5) is 0 Å². The number of aromatic nitrogens is 1. The van der Waals surface area contributed by atoms with Gasteiger partial charge in [-0.25, -0.2) is 0 Å². The standard InChI is InChI=1S/C14H23N3O2/c1-8-6-17(7-9(2)15-8)14(18)10(3)13-11(4)16-19-12(13)5/h8-10,15H,6-7H2,1-5H3/t8-,9+,10-/m0/s1. The van der Waals surface area contributed by atoms with E-state index in [0.717, 1.165) is 30.1 Å². The summed E-state index contributed by atoms with van der Waals surface area (Å²) >= 11 is 0. The summed E-state index contributed by atoms with van der Waals surface area (Å²) in [6.45, 7) is 11.4. The fraction of sp³-hybridized carbons (Fsp3) is 0.714. The average Bonchev–Trinajstić information content (AvgIpc) is 2.66. The lowest BCUT2D eigenvalue weighted by Gasteiger charge is -2.37. The highest BCUT2D eigenvalue weighted by atomic mass is 16.5. The van der Waals surface area contributed by atoms with E-state index < -0.39 is 0 Å². The van der Waals surface area contributed by atoms with E-state index in [1.165, 1.54) is 0 Å². The van der Waals surface area contributed by atoms with E-state index in [0.29, 0.717) is 12.1 Å². The third-order valence-electron chi connectivity index (χ3n) is 3.76. The Hall–Kier alpha value is -1.36. The molecule has 1 aromatic rings. The number of rotatable bonds is 2. The smallest absolute Gasteiger partial charge is 0.230 e. The maximum atomic E-state index is 12.6. The van der Waals surface area contributed by atoms with Gasteiger partial charge in [0.25, 0.3) is 0 Å². The van der Waals surface area contributed by atoms with Crippen molar-refractivity contribution in [2.75, 3.05) is 13.1 Å². The van der Waals surface area contributed by atoms with E-state index in [1.54, 1.807) is 0 Å². The van der Waals surface area contributed by atoms with Crippen LogP contribution in [0.5, 0.6) is 0 Å². The molecule has 1 N–H and O–H groups in total. The predicted octanol–water partition coefficient (Wildman–Crippen LogP) is 1.60. The molecule has 2 rings (SSSR count). The Balaban J connectivity index is 2.15. The first-order valence-electron chi connectivity index (χ1n) is 6.87. The maximum absolute atomic E-state index is 12.6. The molecular weight excluding hydrogens is 242 g/mol. The quantitative estimate of drug-likeness (QED) is 0.882. The molecule has 19 heavy (non-hydrogen) atoms. The molecule has 5 heteroatoms. The summed E-state index contributed by atoms with van der Waals surface area (Å²) in [5, 5.41) is 7.37. The Morgan fingerprint density at radius 3 is 2.42 bits per heavy atom. The monoisotopic (exact) mass is 265 g/mol. The van der Waals surface area contributed by atoms with Gasteiger partial charge in [-0.1, -0.05) is 5.16 Å². The molecule has 1 amide bonds. The van der Waals surface area contributed by atoms with Gasteiger partial charge in [-0.3, -0.25) is 4.79 Å². The van der Waals surface area contributed by atoms with Gasteiger partial charge in [0.05, 0.1) is 11.6 Å². The van der Waals surface area contributed by atoms with Crippen molar-refractivity contribution in [3.05, 3.63) is 17.0 Å². The van der Waals surface area contributed by atoms with Crippen LogP contribution in [-0.2, 0) is 4.79 Å². The van der Waals surface area contributed by atoms with Crippen LogP contribution in [0.15, 0.2) is 4.52 Å². The number of aryl methyl sites for hydroxylation is 2. The van der Waals surface area contributed by atoms with Crippen LogP contribution in [0, 0.1) is 13.8 Å². The average molecular weight is 265 g/mol. The van der Waals surface area contributed by atoms with Crippen LogP contribution in [0.1, 0.15) is 43.7 Å². The van der Waals surface area contributed by atoms with E-state index in [4.69, 9.17) is 4.52 Å². The topological polar surface area (TPSA) is 58.4 Å².